The van der Waals surface area contributed by atoms with Crippen LogP contribution in [0.15, 0.2) is 164 Å². The van der Waals surface area contributed by atoms with E-state index >= 15 is 0 Å². The van der Waals surface area contributed by atoms with E-state index < -0.39 is 0 Å². The van der Waals surface area contributed by atoms with E-state index in [-0.39, 0.29) is 10.8 Å². The second-order valence-corrected chi connectivity index (χ2v) is 15.8. The second kappa shape index (κ2) is 13.0. The Kier molecular flexibility index (Phi) is 8.04. The standard InChI is InChI=1S/C49H44N4O/c1-48(2,3)35-17-13-18-37(29-35)51-33-52(45-24-12-11-23-44(45)51)38-19-14-20-39(31-38)54-40-25-26-42-41-21-9-10-22-43(41)53(46(42)32-40)47-30-36(27-28-50-47)49(4,5)34-15-7-6-8-16-34/h6-32H,33H2,1-5H3. The van der Waals surface area contributed by atoms with Gasteiger partial charge in [-0.05, 0) is 88.8 Å². The fraction of sp³-hybridized carbons (Fsp3) is 0.163. The van der Waals surface area contributed by atoms with Crippen LogP contribution in [-0.2, 0) is 10.8 Å². The third-order valence-electron chi connectivity index (χ3n) is 11.0. The zero-order chi connectivity index (χ0) is 37.0. The highest BCUT2D eigenvalue weighted by Crippen LogP contribution is 2.45. The van der Waals surface area contributed by atoms with E-state index in [0.29, 0.717) is 6.67 Å². The van der Waals surface area contributed by atoms with Crippen LogP contribution in [0, 0.1) is 0 Å². The molecule has 0 spiro atoms. The van der Waals surface area contributed by atoms with E-state index in [1.165, 1.54) is 39.1 Å². The predicted molar refractivity (Wildman–Crippen MR) is 224 cm³/mol. The number of hydrogen-bond donors (Lipinski definition) is 0. The molecule has 0 amide bonds. The fourth-order valence-electron chi connectivity index (χ4n) is 7.86. The van der Waals surface area contributed by atoms with Gasteiger partial charge < -0.3 is 14.5 Å². The van der Waals surface area contributed by atoms with Crippen LogP contribution in [0.3, 0.4) is 0 Å². The SMILES string of the molecule is CC(C)(C)c1cccc(N2CN(c3cccc(Oc4ccc5c6ccccc6n(-c6cc(C(C)(C)c7ccccc7)ccn6)c5c4)c3)c3ccccc32)c1. The molecular formula is C49H44N4O. The van der Waals surface area contributed by atoms with Gasteiger partial charge in [0.25, 0.3) is 0 Å². The molecule has 0 fully saturated rings. The first-order valence-electron chi connectivity index (χ1n) is 18.7. The molecule has 0 unspecified atom stereocenters. The Hall–Kier alpha value is -6.33. The van der Waals surface area contributed by atoms with E-state index in [2.05, 4.69) is 201 Å². The summed E-state index contributed by atoms with van der Waals surface area (Å²) in [5.41, 5.74) is 10.5. The Balaban J connectivity index is 1.06. The molecule has 1 aliphatic heterocycles. The fourth-order valence-corrected chi connectivity index (χ4v) is 7.86. The van der Waals surface area contributed by atoms with Gasteiger partial charge in [0.2, 0.25) is 0 Å². The van der Waals surface area contributed by atoms with Crippen molar-refractivity contribution in [2.45, 2.75) is 45.4 Å². The van der Waals surface area contributed by atoms with Crippen LogP contribution in [0.1, 0.15) is 51.3 Å². The number of pyridine rings is 1. The average Bonchev–Trinajstić information content (AvgIpc) is 3.74. The smallest absolute Gasteiger partial charge is 0.137 e. The maximum atomic E-state index is 6.69. The highest BCUT2D eigenvalue weighted by atomic mass is 16.5. The van der Waals surface area contributed by atoms with E-state index in [1.54, 1.807) is 0 Å². The minimum absolute atomic E-state index is 0.0673. The molecule has 5 heteroatoms. The van der Waals surface area contributed by atoms with Gasteiger partial charge in [0.1, 0.15) is 24.0 Å². The molecular weight excluding hydrogens is 661 g/mol. The highest BCUT2D eigenvalue weighted by molar-refractivity contribution is 6.09. The number of para-hydroxylation sites is 3. The number of benzene rings is 6. The van der Waals surface area contributed by atoms with Gasteiger partial charge in [-0.3, -0.25) is 4.57 Å². The van der Waals surface area contributed by atoms with Crippen molar-refractivity contribution >= 4 is 44.6 Å². The molecule has 3 heterocycles. The topological polar surface area (TPSA) is 33.5 Å². The van der Waals surface area contributed by atoms with Crippen molar-refractivity contribution in [3.63, 3.8) is 0 Å². The lowest BCUT2D eigenvalue weighted by Gasteiger charge is -2.26. The first-order valence-corrected chi connectivity index (χ1v) is 18.7. The molecule has 2 aromatic heterocycles. The monoisotopic (exact) mass is 704 g/mol. The molecule has 0 radical (unpaired) electrons. The Morgan fingerprint density at radius 3 is 1.89 bits per heavy atom. The van der Waals surface area contributed by atoms with E-state index in [9.17, 15) is 0 Å². The summed E-state index contributed by atoms with van der Waals surface area (Å²) in [7, 11) is 0. The van der Waals surface area contributed by atoms with Crippen LogP contribution in [0.4, 0.5) is 22.7 Å². The van der Waals surface area contributed by atoms with Gasteiger partial charge in [-0.25, -0.2) is 4.98 Å². The van der Waals surface area contributed by atoms with Gasteiger partial charge in [-0.2, -0.15) is 0 Å². The maximum Gasteiger partial charge on any atom is 0.137 e. The van der Waals surface area contributed by atoms with Gasteiger partial charge in [-0.1, -0.05) is 113 Å². The van der Waals surface area contributed by atoms with E-state index in [1.807, 2.05) is 12.3 Å². The normalized spacial score (nSPS) is 13.1. The molecule has 9 rings (SSSR count). The van der Waals surface area contributed by atoms with Crippen LogP contribution in [0.5, 0.6) is 11.5 Å². The van der Waals surface area contributed by atoms with Gasteiger partial charge in [-0.15, -0.1) is 0 Å². The Morgan fingerprint density at radius 2 is 1.13 bits per heavy atom. The lowest BCUT2D eigenvalue weighted by atomic mass is 9.78. The van der Waals surface area contributed by atoms with Crippen LogP contribution in [0.2, 0.25) is 0 Å². The summed E-state index contributed by atoms with van der Waals surface area (Å²) in [4.78, 5) is 9.70. The van der Waals surface area contributed by atoms with Gasteiger partial charge in [0.15, 0.2) is 0 Å². The van der Waals surface area contributed by atoms with Crippen molar-refractivity contribution in [2.75, 3.05) is 16.5 Å². The Bertz CT molecular complexity index is 2650. The predicted octanol–water partition coefficient (Wildman–Crippen LogP) is 12.8. The van der Waals surface area contributed by atoms with Crippen molar-refractivity contribution in [3.8, 4) is 17.3 Å². The summed E-state index contributed by atoms with van der Waals surface area (Å²) in [5.74, 6) is 2.43. The number of hydrogen-bond acceptors (Lipinski definition) is 4. The van der Waals surface area contributed by atoms with Gasteiger partial charge in [0.05, 0.1) is 22.4 Å². The Morgan fingerprint density at radius 1 is 0.500 bits per heavy atom. The summed E-state index contributed by atoms with van der Waals surface area (Å²) >= 11 is 0. The summed E-state index contributed by atoms with van der Waals surface area (Å²) in [6.45, 7) is 12.0. The molecule has 0 atom stereocenters. The number of fused-ring (bicyclic) bond motifs is 4. The Labute approximate surface area is 317 Å². The molecule has 0 N–H and O–H groups in total. The average molecular weight is 705 g/mol. The van der Waals surface area contributed by atoms with Crippen molar-refractivity contribution in [1.29, 1.82) is 0 Å². The summed E-state index contributed by atoms with van der Waals surface area (Å²) in [5, 5.41) is 2.34. The maximum absolute atomic E-state index is 6.69. The summed E-state index contributed by atoms with van der Waals surface area (Å²) < 4.78 is 8.95. The van der Waals surface area contributed by atoms with Crippen molar-refractivity contribution in [2.24, 2.45) is 0 Å². The van der Waals surface area contributed by atoms with E-state index in [4.69, 9.17) is 9.72 Å². The molecule has 0 bridgehead atoms. The first kappa shape index (κ1) is 33.5. The zero-order valence-corrected chi connectivity index (χ0v) is 31.5. The number of anilines is 4. The minimum atomic E-state index is -0.194. The van der Waals surface area contributed by atoms with Crippen molar-refractivity contribution in [1.82, 2.24) is 9.55 Å². The van der Waals surface area contributed by atoms with Gasteiger partial charge in [0, 0.05) is 45.9 Å². The molecule has 54 heavy (non-hydrogen) atoms. The molecule has 266 valence electrons. The molecule has 5 nitrogen and oxygen atoms in total. The third kappa shape index (κ3) is 5.86. The lowest BCUT2D eigenvalue weighted by molar-refractivity contribution is 0.483. The molecule has 6 aromatic carbocycles. The highest BCUT2D eigenvalue weighted by Gasteiger charge is 2.29. The number of ether oxygens (including phenoxy) is 1. The molecule has 8 aromatic rings. The minimum Gasteiger partial charge on any atom is -0.457 e. The molecule has 0 saturated carbocycles. The van der Waals surface area contributed by atoms with Crippen LogP contribution >= 0.6 is 0 Å². The van der Waals surface area contributed by atoms with Crippen molar-refractivity contribution < 1.29 is 4.74 Å². The largest absolute Gasteiger partial charge is 0.457 e. The quantitative estimate of drug-likeness (QED) is 0.165. The van der Waals surface area contributed by atoms with Crippen molar-refractivity contribution in [3.05, 3.63) is 181 Å². The molecule has 1 aliphatic rings. The van der Waals surface area contributed by atoms with Crippen LogP contribution in [0.25, 0.3) is 27.6 Å². The summed E-state index contributed by atoms with van der Waals surface area (Å²) in [6, 6.07) is 56.0. The molecule has 0 saturated heterocycles. The number of nitrogens with zero attached hydrogens (tertiary/aromatic N) is 4. The van der Waals surface area contributed by atoms with E-state index in [0.717, 1.165) is 39.4 Å². The number of aromatic nitrogens is 2. The van der Waals surface area contributed by atoms with Crippen LogP contribution in [-0.4, -0.2) is 16.2 Å². The number of rotatable bonds is 7. The van der Waals surface area contributed by atoms with Crippen LogP contribution < -0.4 is 14.5 Å². The van der Waals surface area contributed by atoms with Gasteiger partial charge >= 0.3 is 0 Å². The third-order valence-corrected chi connectivity index (χ3v) is 11.0. The second-order valence-electron chi connectivity index (χ2n) is 15.8. The molecule has 0 aliphatic carbocycles. The lowest BCUT2D eigenvalue weighted by Crippen LogP contribution is -2.24. The summed E-state index contributed by atoms with van der Waals surface area (Å²) in [6.07, 6.45) is 1.93. The first-order chi connectivity index (χ1) is 26.1. The zero-order valence-electron chi connectivity index (χ0n) is 31.5.